The predicted molar refractivity (Wildman–Crippen MR) is 67.3 cm³/mol. The molecule has 0 bridgehead atoms. The molecular formula is C12H18BN2O. The fourth-order valence-corrected chi connectivity index (χ4v) is 2.42. The first kappa shape index (κ1) is 11.5. The van der Waals surface area contributed by atoms with Gasteiger partial charge in [0, 0.05) is 12.8 Å². The van der Waals surface area contributed by atoms with Crippen molar-refractivity contribution in [3.8, 4) is 0 Å². The second-order valence-electron chi connectivity index (χ2n) is 4.31. The Morgan fingerprint density at radius 2 is 2.44 bits per heavy atom. The second kappa shape index (κ2) is 5.37. The maximum atomic E-state index is 5.81. The van der Waals surface area contributed by atoms with E-state index in [4.69, 9.17) is 10.4 Å². The molecule has 0 heterocycles. The van der Waals surface area contributed by atoms with Gasteiger partial charge in [0.15, 0.2) is 0 Å². The third kappa shape index (κ3) is 2.57. The highest BCUT2D eigenvalue weighted by Gasteiger charge is 2.19. The second-order valence-corrected chi connectivity index (χ2v) is 4.31. The van der Waals surface area contributed by atoms with Crippen molar-refractivity contribution in [2.75, 3.05) is 19.4 Å². The molecule has 0 fully saturated rings. The van der Waals surface area contributed by atoms with Crippen LogP contribution in [0.1, 0.15) is 29.9 Å². The summed E-state index contributed by atoms with van der Waals surface area (Å²) < 4.78 is 4.88. The quantitative estimate of drug-likeness (QED) is 0.456. The summed E-state index contributed by atoms with van der Waals surface area (Å²) in [4.78, 5) is 0. The zero-order chi connectivity index (χ0) is 11.4. The molecule has 1 aromatic carbocycles. The Balaban J connectivity index is 2.07. The number of anilines is 1. The van der Waals surface area contributed by atoms with Gasteiger partial charge >= 0.3 is 7.62 Å². The van der Waals surface area contributed by atoms with E-state index in [1.165, 1.54) is 24.0 Å². The number of nitrogens with one attached hydrogen (secondary N) is 1. The largest absolute Gasteiger partial charge is 0.427 e. The molecule has 1 radical (unpaired) electrons. The normalized spacial score (nSPS) is 19.2. The van der Waals surface area contributed by atoms with Gasteiger partial charge in [-0.1, -0.05) is 6.07 Å². The molecule has 1 atom stereocenters. The van der Waals surface area contributed by atoms with Crippen LogP contribution < -0.4 is 11.0 Å². The van der Waals surface area contributed by atoms with Crippen molar-refractivity contribution in [1.29, 1.82) is 0 Å². The number of hydrogen-bond acceptors (Lipinski definition) is 3. The van der Waals surface area contributed by atoms with E-state index in [-0.39, 0.29) is 0 Å². The van der Waals surface area contributed by atoms with Crippen LogP contribution in [0.5, 0.6) is 0 Å². The van der Waals surface area contributed by atoms with Gasteiger partial charge in [-0.25, -0.2) is 0 Å². The molecule has 1 aliphatic carbocycles. The standard InChI is InChI=1S/C12H18BN2O/c1-16-13-15-8-10-4-2-3-9-7-11(14)5-6-12(9)10/h5-7,10,15H,2-4,8,14H2,1H3. The van der Waals surface area contributed by atoms with Crippen molar-refractivity contribution in [3.63, 3.8) is 0 Å². The number of hydrogen-bond donors (Lipinski definition) is 2. The van der Waals surface area contributed by atoms with Crippen LogP contribution in [0.4, 0.5) is 5.69 Å². The van der Waals surface area contributed by atoms with Crippen LogP contribution in [-0.2, 0) is 11.1 Å². The lowest BCUT2D eigenvalue weighted by Gasteiger charge is -2.26. The smallest absolute Gasteiger partial charge is 0.395 e. The number of aryl methyl sites for hydroxylation is 1. The fraction of sp³-hybridized carbons (Fsp3) is 0.500. The number of rotatable bonds is 4. The highest BCUT2D eigenvalue weighted by atomic mass is 16.4. The van der Waals surface area contributed by atoms with E-state index in [9.17, 15) is 0 Å². The Morgan fingerprint density at radius 1 is 1.56 bits per heavy atom. The molecule has 0 spiro atoms. The monoisotopic (exact) mass is 217 g/mol. The van der Waals surface area contributed by atoms with Gasteiger partial charge in [-0.3, -0.25) is 0 Å². The molecular weight excluding hydrogens is 199 g/mol. The molecule has 1 aliphatic rings. The average Bonchev–Trinajstić information content (AvgIpc) is 2.29. The number of nitrogen functional groups attached to an aromatic ring is 1. The molecule has 0 saturated carbocycles. The topological polar surface area (TPSA) is 47.3 Å². The molecule has 0 saturated heterocycles. The minimum Gasteiger partial charge on any atom is -0.427 e. The Bertz CT molecular complexity index is 357. The molecule has 16 heavy (non-hydrogen) atoms. The molecule has 85 valence electrons. The molecule has 2 rings (SSSR count). The van der Waals surface area contributed by atoms with Crippen LogP contribution in [0.25, 0.3) is 0 Å². The summed E-state index contributed by atoms with van der Waals surface area (Å²) in [6.45, 7) is 0.935. The van der Waals surface area contributed by atoms with E-state index in [1.807, 2.05) is 6.07 Å². The summed E-state index contributed by atoms with van der Waals surface area (Å²) in [5.41, 5.74) is 9.53. The lowest BCUT2D eigenvalue weighted by atomic mass is 9.82. The van der Waals surface area contributed by atoms with Crippen molar-refractivity contribution in [2.45, 2.75) is 25.2 Å². The number of fused-ring (bicyclic) bond motifs is 1. The summed E-state index contributed by atoms with van der Waals surface area (Å²) in [5, 5.41) is 3.18. The molecule has 0 aliphatic heterocycles. The Labute approximate surface area is 97.7 Å². The first-order chi connectivity index (χ1) is 7.81. The maximum absolute atomic E-state index is 5.81. The zero-order valence-electron chi connectivity index (χ0n) is 9.70. The van der Waals surface area contributed by atoms with Gasteiger partial charge in [0.1, 0.15) is 0 Å². The van der Waals surface area contributed by atoms with Crippen molar-refractivity contribution in [2.24, 2.45) is 0 Å². The third-order valence-corrected chi connectivity index (χ3v) is 3.17. The van der Waals surface area contributed by atoms with Gasteiger partial charge in [0.2, 0.25) is 0 Å². The van der Waals surface area contributed by atoms with Crippen molar-refractivity contribution >= 4 is 13.3 Å². The van der Waals surface area contributed by atoms with Gasteiger partial charge in [-0.05, 0) is 55.0 Å². The predicted octanol–water partition coefficient (Wildman–Crippen LogP) is 1.46. The van der Waals surface area contributed by atoms with Crippen LogP contribution in [0.3, 0.4) is 0 Å². The summed E-state index contributed by atoms with van der Waals surface area (Å²) >= 11 is 0. The third-order valence-electron chi connectivity index (χ3n) is 3.17. The Kier molecular flexibility index (Phi) is 3.85. The molecule has 3 nitrogen and oxygen atoms in total. The van der Waals surface area contributed by atoms with Crippen LogP contribution in [0, 0.1) is 0 Å². The first-order valence-electron chi connectivity index (χ1n) is 5.77. The highest BCUT2D eigenvalue weighted by molar-refractivity contribution is 6.23. The molecule has 0 amide bonds. The van der Waals surface area contributed by atoms with E-state index in [0.29, 0.717) is 5.92 Å². The summed E-state index contributed by atoms with van der Waals surface area (Å²) in [5.74, 6) is 0.579. The minimum absolute atomic E-state index is 0.579. The van der Waals surface area contributed by atoms with Crippen molar-refractivity contribution in [3.05, 3.63) is 29.3 Å². The zero-order valence-corrected chi connectivity index (χ0v) is 9.70. The number of benzene rings is 1. The van der Waals surface area contributed by atoms with Crippen LogP contribution in [0.15, 0.2) is 18.2 Å². The van der Waals surface area contributed by atoms with Gasteiger partial charge < -0.3 is 15.6 Å². The van der Waals surface area contributed by atoms with E-state index in [0.717, 1.165) is 18.7 Å². The molecule has 4 heteroatoms. The average molecular weight is 217 g/mol. The minimum atomic E-state index is 0.579. The highest BCUT2D eigenvalue weighted by Crippen LogP contribution is 2.32. The van der Waals surface area contributed by atoms with Crippen LogP contribution in [-0.4, -0.2) is 21.3 Å². The lowest BCUT2D eigenvalue weighted by molar-refractivity contribution is 0.424. The van der Waals surface area contributed by atoms with E-state index >= 15 is 0 Å². The SMILES string of the molecule is CO[B]NCC1CCCc2cc(N)ccc21. The van der Waals surface area contributed by atoms with Gasteiger partial charge in [0.25, 0.3) is 0 Å². The molecule has 1 aromatic rings. The molecule has 3 N–H and O–H groups in total. The van der Waals surface area contributed by atoms with E-state index < -0.39 is 0 Å². The number of nitrogens with two attached hydrogens (primary N) is 1. The fourth-order valence-electron chi connectivity index (χ4n) is 2.42. The Hall–Kier alpha value is -0.995. The van der Waals surface area contributed by atoms with Gasteiger partial charge in [-0.2, -0.15) is 0 Å². The first-order valence-corrected chi connectivity index (χ1v) is 5.77. The van der Waals surface area contributed by atoms with E-state index in [1.54, 1.807) is 14.7 Å². The van der Waals surface area contributed by atoms with Crippen LogP contribution >= 0.6 is 0 Å². The van der Waals surface area contributed by atoms with Crippen molar-refractivity contribution in [1.82, 2.24) is 5.23 Å². The van der Waals surface area contributed by atoms with E-state index in [2.05, 4.69) is 17.4 Å². The summed E-state index contributed by atoms with van der Waals surface area (Å²) in [6.07, 6.45) is 3.64. The van der Waals surface area contributed by atoms with Gasteiger partial charge in [-0.15, -0.1) is 0 Å². The Morgan fingerprint density at radius 3 is 3.25 bits per heavy atom. The van der Waals surface area contributed by atoms with Gasteiger partial charge in [0.05, 0.1) is 0 Å². The van der Waals surface area contributed by atoms with Crippen molar-refractivity contribution < 1.29 is 4.65 Å². The molecule has 1 unspecified atom stereocenters. The van der Waals surface area contributed by atoms with Crippen LogP contribution in [0.2, 0.25) is 0 Å². The lowest BCUT2D eigenvalue weighted by Crippen LogP contribution is -2.28. The maximum Gasteiger partial charge on any atom is 0.395 e. The summed E-state index contributed by atoms with van der Waals surface area (Å²) in [7, 11) is 3.30. The summed E-state index contributed by atoms with van der Waals surface area (Å²) in [6, 6.07) is 6.28. The molecule has 0 aromatic heterocycles.